The van der Waals surface area contributed by atoms with Gasteiger partial charge in [0.1, 0.15) is 0 Å². The van der Waals surface area contributed by atoms with Gasteiger partial charge in [-0.15, -0.1) is 0 Å². The normalized spacial score (nSPS) is 12.7. The van der Waals surface area contributed by atoms with Gasteiger partial charge in [0.05, 0.1) is 16.3 Å². The topological polar surface area (TPSA) is 98.2 Å². The second-order valence-electron chi connectivity index (χ2n) is 5.79. The highest BCUT2D eigenvalue weighted by atomic mass is 32.2. The van der Waals surface area contributed by atoms with E-state index >= 15 is 0 Å². The highest BCUT2D eigenvalue weighted by Gasteiger charge is 2.22. The van der Waals surface area contributed by atoms with Gasteiger partial charge in [-0.25, -0.2) is 13.6 Å². The van der Waals surface area contributed by atoms with Crippen molar-refractivity contribution >= 4 is 21.4 Å². The molecule has 0 spiro atoms. The van der Waals surface area contributed by atoms with E-state index in [1.165, 1.54) is 12.1 Å². The number of nitrogens with one attached hydrogen (secondary N) is 1. The molecule has 1 rings (SSSR count). The van der Waals surface area contributed by atoms with E-state index in [4.69, 9.17) is 10.9 Å². The molecule has 108 valence electrons. The summed E-state index contributed by atoms with van der Waals surface area (Å²) in [4.78, 5) is 0.0265. The maximum absolute atomic E-state index is 11.2. The summed E-state index contributed by atoms with van der Waals surface area (Å²) < 4.78 is 22.4. The molecule has 5 N–H and O–H groups in total. The third-order valence-corrected chi connectivity index (χ3v) is 4.56. The summed E-state index contributed by atoms with van der Waals surface area (Å²) in [5.41, 5.74) is 7.06. The van der Waals surface area contributed by atoms with Crippen LogP contribution in [0.4, 0.5) is 11.4 Å². The summed E-state index contributed by atoms with van der Waals surface area (Å²) in [6.07, 6.45) is 0. The van der Waals surface area contributed by atoms with E-state index in [0.29, 0.717) is 11.6 Å². The first-order valence-corrected chi connectivity index (χ1v) is 7.75. The van der Waals surface area contributed by atoms with E-state index in [1.54, 1.807) is 6.07 Å². The van der Waals surface area contributed by atoms with Gasteiger partial charge in [-0.3, -0.25) is 0 Å². The Kier molecular flexibility index (Phi) is 4.47. The maximum Gasteiger partial charge on any atom is 0.238 e. The van der Waals surface area contributed by atoms with Crippen molar-refractivity contribution in [2.24, 2.45) is 16.5 Å². The van der Waals surface area contributed by atoms with Gasteiger partial charge >= 0.3 is 0 Å². The second kappa shape index (κ2) is 5.38. The largest absolute Gasteiger partial charge is 0.397 e. The van der Waals surface area contributed by atoms with Gasteiger partial charge in [0, 0.05) is 6.54 Å². The Bertz CT molecular complexity index is 551. The molecule has 0 unspecified atom stereocenters. The van der Waals surface area contributed by atoms with Crippen LogP contribution in [-0.4, -0.2) is 15.0 Å². The van der Waals surface area contributed by atoms with Crippen LogP contribution in [0.1, 0.15) is 27.7 Å². The molecule has 0 fully saturated rings. The van der Waals surface area contributed by atoms with Crippen LogP contribution < -0.4 is 16.2 Å². The van der Waals surface area contributed by atoms with Crippen LogP contribution in [0.15, 0.2) is 23.1 Å². The molecule has 0 atom stereocenters. The summed E-state index contributed by atoms with van der Waals surface area (Å²) in [6, 6.07) is 4.47. The second-order valence-corrected chi connectivity index (χ2v) is 7.35. The molecule has 19 heavy (non-hydrogen) atoms. The van der Waals surface area contributed by atoms with E-state index in [-0.39, 0.29) is 10.3 Å². The molecular formula is C13H23N3O2S. The van der Waals surface area contributed by atoms with Crippen LogP contribution in [0.5, 0.6) is 0 Å². The van der Waals surface area contributed by atoms with Crippen LogP contribution in [0, 0.1) is 11.3 Å². The summed E-state index contributed by atoms with van der Waals surface area (Å²) in [6.45, 7) is 9.41. The first-order chi connectivity index (χ1) is 8.54. The molecular weight excluding hydrogens is 262 g/mol. The molecule has 0 heterocycles. The van der Waals surface area contributed by atoms with Crippen LogP contribution >= 0.6 is 0 Å². The molecule has 0 aromatic heterocycles. The van der Waals surface area contributed by atoms with Crippen molar-refractivity contribution in [3.05, 3.63) is 18.2 Å². The number of rotatable bonds is 5. The smallest absolute Gasteiger partial charge is 0.238 e. The number of primary sulfonamides is 1. The van der Waals surface area contributed by atoms with Crippen molar-refractivity contribution in [2.45, 2.75) is 32.6 Å². The Balaban J connectivity index is 2.88. The van der Waals surface area contributed by atoms with Gasteiger partial charge in [0.2, 0.25) is 10.0 Å². The van der Waals surface area contributed by atoms with Gasteiger partial charge in [0.25, 0.3) is 0 Å². The minimum atomic E-state index is -3.71. The summed E-state index contributed by atoms with van der Waals surface area (Å²) in [5.74, 6) is 0.518. The number of hydrogen-bond donors (Lipinski definition) is 3. The van der Waals surface area contributed by atoms with Crippen molar-refractivity contribution < 1.29 is 8.42 Å². The molecule has 0 aliphatic heterocycles. The number of anilines is 2. The fourth-order valence-electron chi connectivity index (χ4n) is 1.41. The average molecular weight is 285 g/mol. The minimum absolute atomic E-state index is 0.0265. The molecule has 1 aromatic carbocycles. The van der Waals surface area contributed by atoms with Gasteiger partial charge < -0.3 is 11.1 Å². The standard InChI is InChI=1S/C13H23N3O2S/c1-9(2)13(3,4)8-16-12-6-5-10(7-11(12)14)19(15,17)18/h5-7,9,16H,8,14H2,1-4H3,(H2,15,17,18). The van der Waals surface area contributed by atoms with E-state index in [1.807, 2.05) is 0 Å². The molecule has 0 radical (unpaired) electrons. The van der Waals surface area contributed by atoms with Crippen molar-refractivity contribution in [1.29, 1.82) is 0 Å². The first-order valence-electron chi connectivity index (χ1n) is 6.20. The van der Waals surface area contributed by atoms with Gasteiger partial charge in [-0.2, -0.15) is 0 Å². The Morgan fingerprint density at radius 3 is 2.32 bits per heavy atom. The number of benzene rings is 1. The molecule has 0 aliphatic rings. The summed E-state index contributed by atoms with van der Waals surface area (Å²) in [7, 11) is -3.71. The fraction of sp³-hybridized carbons (Fsp3) is 0.538. The Hall–Kier alpha value is -1.27. The van der Waals surface area contributed by atoms with Gasteiger partial charge in [-0.05, 0) is 29.5 Å². The van der Waals surface area contributed by atoms with Crippen LogP contribution in [0.3, 0.4) is 0 Å². The molecule has 0 bridgehead atoms. The van der Waals surface area contributed by atoms with Crippen molar-refractivity contribution in [1.82, 2.24) is 0 Å². The SMILES string of the molecule is CC(C)C(C)(C)CNc1ccc(S(N)(=O)=O)cc1N. The van der Waals surface area contributed by atoms with Crippen molar-refractivity contribution in [3.8, 4) is 0 Å². The summed E-state index contributed by atoms with van der Waals surface area (Å²) in [5, 5.41) is 8.31. The lowest BCUT2D eigenvalue weighted by molar-refractivity contribution is 0.270. The molecule has 5 nitrogen and oxygen atoms in total. The number of sulfonamides is 1. The minimum Gasteiger partial charge on any atom is -0.397 e. The van der Waals surface area contributed by atoms with Gasteiger partial charge in [0.15, 0.2) is 0 Å². The Morgan fingerprint density at radius 1 is 1.32 bits per heavy atom. The number of nitrogens with two attached hydrogens (primary N) is 2. The first kappa shape index (κ1) is 15.8. The molecule has 0 aliphatic carbocycles. The lowest BCUT2D eigenvalue weighted by Crippen LogP contribution is -2.28. The predicted molar refractivity (Wildman–Crippen MR) is 79.3 cm³/mol. The molecule has 0 amide bonds. The van der Waals surface area contributed by atoms with E-state index in [9.17, 15) is 8.42 Å². The zero-order valence-electron chi connectivity index (χ0n) is 11.9. The number of hydrogen-bond acceptors (Lipinski definition) is 4. The predicted octanol–water partition coefficient (Wildman–Crippen LogP) is 2.01. The third-order valence-electron chi connectivity index (χ3n) is 3.65. The highest BCUT2D eigenvalue weighted by Crippen LogP contribution is 2.28. The zero-order valence-corrected chi connectivity index (χ0v) is 12.7. The Morgan fingerprint density at radius 2 is 1.89 bits per heavy atom. The van der Waals surface area contributed by atoms with Gasteiger partial charge in [-0.1, -0.05) is 27.7 Å². The molecule has 6 heteroatoms. The Labute approximate surface area is 115 Å². The van der Waals surface area contributed by atoms with E-state index < -0.39 is 10.0 Å². The number of nitrogen functional groups attached to an aromatic ring is 1. The van der Waals surface area contributed by atoms with Crippen LogP contribution in [-0.2, 0) is 10.0 Å². The fourth-order valence-corrected chi connectivity index (χ4v) is 1.95. The molecule has 0 saturated carbocycles. The lowest BCUT2D eigenvalue weighted by Gasteiger charge is -2.30. The highest BCUT2D eigenvalue weighted by molar-refractivity contribution is 7.89. The van der Waals surface area contributed by atoms with E-state index in [0.717, 1.165) is 12.2 Å². The average Bonchev–Trinajstić information content (AvgIpc) is 2.25. The quantitative estimate of drug-likeness (QED) is 0.721. The van der Waals surface area contributed by atoms with E-state index in [2.05, 4.69) is 33.0 Å². The van der Waals surface area contributed by atoms with Crippen molar-refractivity contribution in [2.75, 3.05) is 17.6 Å². The molecule has 1 aromatic rings. The third kappa shape index (κ3) is 4.11. The van der Waals surface area contributed by atoms with Crippen LogP contribution in [0.2, 0.25) is 0 Å². The lowest BCUT2D eigenvalue weighted by atomic mass is 9.81. The van der Waals surface area contributed by atoms with Crippen LogP contribution in [0.25, 0.3) is 0 Å². The monoisotopic (exact) mass is 285 g/mol. The van der Waals surface area contributed by atoms with Crippen molar-refractivity contribution in [3.63, 3.8) is 0 Å². The maximum atomic E-state index is 11.2. The molecule has 0 saturated heterocycles. The zero-order chi connectivity index (χ0) is 14.8. The summed E-state index contributed by atoms with van der Waals surface area (Å²) >= 11 is 0.